The second-order valence-corrected chi connectivity index (χ2v) is 14.4. The van der Waals surface area contributed by atoms with Gasteiger partial charge < -0.3 is 0 Å². The van der Waals surface area contributed by atoms with Gasteiger partial charge in [-0.3, -0.25) is 0 Å². The molecule has 194 valence electrons. The smallest absolute Gasteiger partial charge is 0.224 e. The van der Waals surface area contributed by atoms with E-state index in [2.05, 4.69) is 0 Å². The zero-order valence-electron chi connectivity index (χ0n) is 18.9. The summed E-state index contributed by atoms with van der Waals surface area (Å²) in [5, 5.41) is -0.294. The van der Waals surface area contributed by atoms with Gasteiger partial charge in [0.2, 0.25) is 0 Å². The number of hydrogen-bond donors (Lipinski definition) is 0. The number of hydrogen-bond acceptors (Lipinski definition) is 4. The minimum Gasteiger partial charge on any atom is -0.224 e. The summed E-state index contributed by atoms with van der Waals surface area (Å²) in [7, 11) is -7.97. The van der Waals surface area contributed by atoms with Crippen LogP contribution in [-0.2, 0) is 25.9 Å². The fraction of sp³-hybridized carbons (Fsp3) is 0.478. The molecule has 1 saturated carbocycles. The lowest BCUT2D eigenvalue weighted by atomic mass is 9.67. The van der Waals surface area contributed by atoms with Crippen molar-refractivity contribution in [1.82, 2.24) is 0 Å². The van der Waals surface area contributed by atoms with Crippen LogP contribution in [0.5, 0.6) is 0 Å². The molecule has 0 N–H and O–H groups in total. The molecule has 4 nitrogen and oxygen atoms in total. The molecule has 0 atom stereocenters. The van der Waals surface area contributed by atoms with Gasteiger partial charge in [-0.05, 0) is 87.8 Å². The maximum atomic E-state index is 13.8. The molecule has 0 unspecified atom stereocenters. The first kappa shape index (κ1) is 27.9. The van der Waals surface area contributed by atoms with E-state index < -0.39 is 52.7 Å². The van der Waals surface area contributed by atoms with Gasteiger partial charge in [-0.15, -0.1) is 0 Å². The Bertz CT molecular complexity index is 1320. The monoisotopic (exact) mass is 558 g/mol. The van der Waals surface area contributed by atoms with Gasteiger partial charge in [-0.25, -0.2) is 25.6 Å². The molecule has 0 radical (unpaired) electrons. The van der Waals surface area contributed by atoms with Gasteiger partial charge in [0.25, 0.3) is 0 Å². The lowest BCUT2D eigenvalue weighted by Gasteiger charge is -2.45. The van der Waals surface area contributed by atoms with Gasteiger partial charge in [0.15, 0.2) is 19.7 Å². The fourth-order valence-electron chi connectivity index (χ4n) is 4.29. The minimum atomic E-state index is -4.89. The maximum Gasteiger partial charge on any atom is 0.416 e. The lowest BCUT2D eigenvalue weighted by Crippen LogP contribution is -2.46. The predicted octanol–water partition coefficient (Wildman–Crippen LogP) is 6.47. The summed E-state index contributed by atoms with van der Waals surface area (Å²) in [4.78, 5) is -0.807. The van der Waals surface area contributed by atoms with Gasteiger partial charge in [-0.1, -0.05) is 11.6 Å². The van der Waals surface area contributed by atoms with Crippen LogP contribution in [0.4, 0.5) is 22.0 Å². The highest BCUT2D eigenvalue weighted by atomic mass is 35.5. The van der Waals surface area contributed by atoms with Crippen molar-refractivity contribution in [3.05, 3.63) is 58.6 Å². The average molecular weight is 559 g/mol. The fourth-order valence-corrected chi connectivity index (χ4v) is 7.68. The van der Waals surface area contributed by atoms with Crippen LogP contribution in [0.25, 0.3) is 0 Å². The van der Waals surface area contributed by atoms with Crippen LogP contribution in [0.15, 0.2) is 46.2 Å². The molecule has 0 heterocycles. The Labute approximate surface area is 206 Å². The van der Waals surface area contributed by atoms with Crippen molar-refractivity contribution >= 4 is 31.3 Å². The topological polar surface area (TPSA) is 68.3 Å². The van der Waals surface area contributed by atoms with Crippen LogP contribution < -0.4 is 0 Å². The molecule has 0 saturated heterocycles. The van der Waals surface area contributed by atoms with E-state index in [-0.39, 0.29) is 33.6 Å². The van der Waals surface area contributed by atoms with Crippen LogP contribution in [-0.4, -0.2) is 27.3 Å². The Morgan fingerprint density at radius 1 is 0.943 bits per heavy atom. The molecule has 0 aliphatic heterocycles. The first-order valence-electron chi connectivity index (χ1n) is 10.8. The summed E-state index contributed by atoms with van der Waals surface area (Å²) in [5.41, 5.74) is -1.37. The third-order valence-electron chi connectivity index (χ3n) is 6.70. The number of sulfone groups is 2. The molecule has 1 fully saturated rings. The molecule has 1 aliphatic rings. The van der Waals surface area contributed by atoms with Gasteiger partial charge >= 0.3 is 6.18 Å². The molecule has 35 heavy (non-hydrogen) atoms. The minimum absolute atomic E-state index is 0.0414. The molecule has 2 aromatic rings. The van der Waals surface area contributed by atoms with Crippen LogP contribution in [0, 0.1) is 23.5 Å². The number of alkyl halides is 3. The maximum absolute atomic E-state index is 13.8. The molecule has 2 aromatic carbocycles. The summed E-state index contributed by atoms with van der Waals surface area (Å²) < 4.78 is 116. The quantitative estimate of drug-likeness (QED) is 0.275. The van der Waals surface area contributed by atoms with E-state index in [1.54, 1.807) is 0 Å². The van der Waals surface area contributed by atoms with Crippen LogP contribution in [0.1, 0.15) is 45.1 Å². The zero-order chi connectivity index (χ0) is 26.4. The van der Waals surface area contributed by atoms with Gasteiger partial charge in [-0.2, -0.15) is 13.2 Å². The van der Waals surface area contributed by atoms with Gasteiger partial charge in [0.1, 0.15) is 11.6 Å². The molecule has 12 heteroatoms. The largest absolute Gasteiger partial charge is 0.416 e. The molecule has 3 rings (SSSR count). The molecule has 0 spiro atoms. The van der Waals surface area contributed by atoms with Gasteiger partial charge in [0.05, 0.1) is 30.9 Å². The van der Waals surface area contributed by atoms with Crippen molar-refractivity contribution in [2.45, 2.75) is 60.2 Å². The number of rotatable bonds is 8. The summed E-state index contributed by atoms with van der Waals surface area (Å²) in [6, 6.07) is 4.46. The first-order chi connectivity index (χ1) is 15.9. The zero-order valence-corrected chi connectivity index (χ0v) is 21.3. The highest BCUT2D eigenvalue weighted by Gasteiger charge is 2.48. The Morgan fingerprint density at radius 2 is 1.57 bits per heavy atom. The standard InChI is InChI=1S/C23H24ClF5O4S2/c1-22(2,35(32,33)19-11-16(23(27,28)29)10-17(25)12-19)15-8-14(9-15)4-3-7-34(30,31)18-5-6-21(26)20(24)13-18/h5-6,10-15H,3-4,7-9H2,1-2H3. The predicted molar refractivity (Wildman–Crippen MR) is 122 cm³/mol. The third kappa shape index (κ3) is 5.83. The first-order valence-corrected chi connectivity index (χ1v) is 14.3. The van der Waals surface area contributed by atoms with Crippen molar-refractivity contribution < 1.29 is 38.8 Å². The Morgan fingerprint density at radius 3 is 2.14 bits per heavy atom. The van der Waals surface area contributed by atoms with Crippen molar-refractivity contribution in [2.75, 3.05) is 5.75 Å². The lowest BCUT2D eigenvalue weighted by molar-refractivity contribution is -0.137. The summed E-state index contributed by atoms with van der Waals surface area (Å²) in [5.74, 6) is -2.55. The van der Waals surface area contributed by atoms with E-state index in [1.165, 1.54) is 13.8 Å². The van der Waals surface area contributed by atoms with E-state index in [1.807, 2.05) is 0 Å². The highest BCUT2D eigenvalue weighted by molar-refractivity contribution is 7.92. The van der Waals surface area contributed by atoms with E-state index in [0.29, 0.717) is 37.8 Å². The molecular formula is C23H24ClF5O4S2. The van der Waals surface area contributed by atoms with Crippen LogP contribution in [0.3, 0.4) is 0 Å². The Hall–Kier alpha value is -1.72. The summed E-state index contributed by atoms with van der Waals surface area (Å²) in [6.45, 7) is 2.81. The Balaban J connectivity index is 1.62. The molecule has 0 amide bonds. The SMILES string of the molecule is CC(C)(C1CC(CCCS(=O)(=O)c2ccc(F)c(Cl)c2)C1)S(=O)(=O)c1cc(F)cc(C(F)(F)F)c1. The van der Waals surface area contributed by atoms with Gasteiger partial charge in [0, 0.05) is 0 Å². The molecule has 0 bridgehead atoms. The van der Waals surface area contributed by atoms with E-state index in [4.69, 9.17) is 11.6 Å². The van der Waals surface area contributed by atoms with E-state index in [9.17, 15) is 38.8 Å². The van der Waals surface area contributed by atoms with E-state index in [0.717, 1.165) is 18.2 Å². The summed E-state index contributed by atoms with van der Waals surface area (Å²) in [6.07, 6.45) is -3.22. The van der Waals surface area contributed by atoms with Crippen molar-refractivity contribution in [2.24, 2.45) is 11.8 Å². The summed E-state index contributed by atoms with van der Waals surface area (Å²) >= 11 is 5.65. The second-order valence-electron chi connectivity index (χ2n) is 9.35. The third-order valence-corrected chi connectivity index (χ3v) is 11.4. The average Bonchev–Trinajstić information content (AvgIpc) is 2.70. The normalized spacial score (nSPS) is 19.4. The van der Waals surface area contributed by atoms with E-state index >= 15 is 0 Å². The number of benzene rings is 2. The van der Waals surface area contributed by atoms with Crippen molar-refractivity contribution in [3.63, 3.8) is 0 Å². The second kappa shape index (κ2) is 9.63. The molecule has 1 aliphatic carbocycles. The molecule has 0 aromatic heterocycles. The Kier molecular flexibility index (Phi) is 7.66. The van der Waals surface area contributed by atoms with Crippen LogP contribution in [0.2, 0.25) is 5.02 Å². The number of halogens is 6. The van der Waals surface area contributed by atoms with Crippen molar-refractivity contribution in [1.29, 1.82) is 0 Å². The van der Waals surface area contributed by atoms with Crippen molar-refractivity contribution in [3.8, 4) is 0 Å². The van der Waals surface area contributed by atoms with Crippen LogP contribution >= 0.6 is 11.6 Å². The highest BCUT2D eigenvalue weighted by Crippen LogP contribution is 2.48. The molecular weight excluding hydrogens is 535 g/mol.